The summed E-state index contributed by atoms with van der Waals surface area (Å²) in [5, 5.41) is 3.28. The molecule has 0 amide bonds. The van der Waals surface area contributed by atoms with Crippen molar-refractivity contribution < 1.29 is 19.0 Å². The van der Waals surface area contributed by atoms with Crippen molar-refractivity contribution in [1.29, 1.82) is 0 Å². The van der Waals surface area contributed by atoms with Gasteiger partial charge >= 0.3 is 5.97 Å². The van der Waals surface area contributed by atoms with Crippen LogP contribution in [0, 0.1) is 5.92 Å². The van der Waals surface area contributed by atoms with E-state index in [9.17, 15) is 4.79 Å². The summed E-state index contributed by atoms with van der Waals surface area (Å²) < 4.78 is 16.7. The van der Waals surface area contributed by atoms with Crippen molar-refractivity contribution >= 4 is 5.97 Å². The van der Waals surface area contributed by atoms with Gasteiger partial charge in [-0.2, -0.15) is 0 Å². The Labute approximate surface area is 115 Å². The van der Waals surface area contributed by atoms with Gasteiger partial charge in [0.25, 0.3) is 0 Å². The minimum Gasteiger partial charge on any atom is -0.462 e. The molecule has 0 aliphatic carbocycles. The molecule has 0 saturated carbocycles. The first kappa shape index (κ1) is 14.8. The van der Waals surface area contributed by atoms with Gasteiger partial charge in [-0.3, -0.25) is 4.79 Å². The number of esters is 1. The first-order valence-electron chi connectivity index (χ1n) is 7.27. The predicted octanol–water partition coefficient (Wildman–Crippen LogP) is 1.11. The first-order valence-corrected chi connectivity index (χ1v) is 7.27. The zero-order valence-electron chi connectivity index (χ0n) is 12.1. The molecular formula is C14H25NO4. The number of hydrogen-bond donors (Lipinski definition) is 1. The molecule has 2 rings (SSSR count). The molecule has 1 N–H and O–H groups in total. The fourth-order valence-corrected chi connectivity index (χ4v) is 2.94. The molecule has 0 aromatic carbocycles. The minimum absolute atomic E-state index is 0.0193. The van der Waals surface area contributed by atoms with Crippen LogP contribution in [0.15, 0.2) is 0 Å². The number of carbonyl (C=O) groups excluding carboxylic acids is 1. The summed E-state index contributed by atoms with van der Waals surface area (Å²) in [4.78, 5) is 12.2. The number of carbonyl (C=O) groups is 1. The van der Waals surface area contributed by atoms with Crippen LogP contribution in [0.25, 0.3) is 0 Å². The highest BCUT2D eigenvalue weighted by Gasteiger charge is 2.37. The normalized spacial score (nSPS) is 39.2. The van der Waals surface area contributed by atoms with Crippen LogP contribution in [-0.2, 0) is 19.0 Å². The van der Waals surface area contributed by atoms with Gasteiger partial charge in [-0.1, -0.05) is 6.92 Å². The molecule has 4 unspecified atom stereocenters. The maximum absolute atomic E-state index is 12.2. The highest BCUT2D eigenvalue weighted by atomic mass is 16.6. The lowest BCUT2D eigenvalue weighted by Gasteiger charge is -2.32. The Bertz CT molecular complexity index is 300. The lowest BCUT2D eigenvalue weighted by atomic mass is 10.0. The van der Waals surface area contributed by atoms with Gasteiger partial charge in [0.2, 0.25) is 0 Å². The van der Waals surface area contributed by atoms with Crippen LogP contribution in [-0.4, -0.2) is 50.1 Å². The molecule has 19 heavy (non-hydrogen) atoms. The Morgan fingerprint density at radius 2 is 1.95 bits per heavy atom. The number of rotatable bonds is 4. The van der Waals surface area contributed by atoms with E-state index in [0.717, 1.165) is 19.4 Å². The second-order valence-electron chi connectivity index (χ2n) is 5.60. The summed E-state index contributed by atoms with van der Waals surface area (Å²) in [6.07, 6.45) is 1.87. The lowest BCUT2D eigenvalue weighted by Crippen LogP contribution is -2.42. The minimum atomic E-state index is -0.173. The van der Waals surface area contributed by atoms with Crippen LogP contribution in [0.5, 0.6) is 0 Å². The Morgan fingerprint density at radius 1 is 1.26 bits per heavy atom. The van der Waals surface area contributed by atoms with Crippen LogP contribution in [0.3, 0.4) is 0 Å². The summed E-state index contributed by atoms with van der Waals surface area (Å²) in [5.74, 6) is -0.303. The van der Waals surface area contributed by atoms with Crippen molar-refractivity contribution in [2.45, 2.75) is 58.0 Å². The van der Waals surface area contributed by atoms with E-state index in [1.807, 2.05) is 20.8 Å². The Hall–Kier alpha value is -0.650. The van der Waals surface area contributed by atoms with E-state index >= 15 is 0 Å². The molecule has 4 atom stereocenters. The highest BCUT2D eigenvalue weighted by molar-refractivity contribution is 5.74. The van der Waals surface area contributed by atoms with Crippen molar-refractivity contribution in [1.82, 2.24) is 5.32 Å². The van der Waals surface area contributed by atoms with Gasteiger partial charge < -0.3 is 19.5 Å². The van der Waals surface area contributed by atoms with Gasteiger partial charge in [-0.25, -0.2) is 0 Å². The average Bonchev–Trinajstić information content (AvgIpc) is 2.76. The lowest BCUT2D eigenvalue weighted by molar-refractivity contribution is -0.164. The average molecular weight is 271 g/mol. The van der Waals surface area contributed by atoms with Crippen LogP contribution < -0.4 is 5.32 Å². The van der Waals surface area contributed by atoms with Crippen LogP contribution in [0.4, 0.5) is 0 Å². The van der Waals surface area contributed by atoms with Crippen molar-refractivity contribution in [3.8, 4) is 0 Å². The van der Waals surface area contributed by atoms with E-state index < -0.39 is 0 Å². The van der Waals surface area contributed by atoms with Crippen molar-refractivity contribution in [2.75, 3.05) is 19.8 Å². The molecule has 0 radical (unpaired) electrons. The monoisotopic (exact) mass is 271 g/mol. The highest BCUT2D eigenvalue weighted by Crippen LogP contribution is 2.24. The molecule has 0 spiro atoms. The quantitative estimate of drug-likeness (QED) is 0.776. The van der Waals surface area contributed by atoms with Gasteiger partial charge in [-0.05, 0) is 20.4 Å². The molecule has 5 heteroatoms. The van der Waals surface area contributed by atoms with Crippen molar-refractivity contribution in [3.63, 3.8) is 0 Å². The van der Waals surface area contributed by atoms with Crippen molar-refractivity contribution in [3.05, 3.63) is 0 Å². The topological polar surface area (TPSA) is 56.8 Å². The van der Waals surface area contributed by atoms with Crippen molar-refractivity contribution in [2.24, 2.45) is 5.92 Å². The van der Waals surface area contributed by atoms with E-state index in [1.54, 1.807) is 0 Å². The van der Waals surface area contributed by atoms with Gasteiger partial charge in [0, 0.05) is 18.9 Å². The maximum atomic E-state index is 12.2. The molecule has 2 aliphatic rings. The maximum Gasteiger partial charge on any atom is 0.313 e. The fourth-order valence-electron chi connectivity index (χ4n) is 2.94. The summed E-state index contributed by atoms with van der Waals surface area (Å²) >= 11 is 0. The van der Waals surface area contributed by atoms with Gasteiger partial charge in [0.15, 0.2) is 0 Å². The Balaban J connectivity index is 1.86. The van der Waals surface area contributed by atoms with Crippen LogP contribution in [0.1, 0.15) is 33.6 Å². The molecule has 2 saturated heterocycles. The molecular weight excluding hydrogens is 246 g/mol. The third-order valence-corrected chi connectivity index (χ3v) is 3.79. The molecule has 110 valence electrons. The Morgan fingerprint density at radius 3 is 2.58 bits per heavy atom. The molecule has 2 fully saturated rings. The van der Waals surface area contributed by atoms with Gasteiger partial charge in [0.05, 0.1) is 31.3 Å². The van der Waals surface area contributed by atoms with Crippen LogP contribution >= 0.6 is 0 Å². The van der Waals surface area contributed by atoms with Crippen LogP contribution in [0.2, 0.25) is 0 Å². The summed E-state index contributed by atoms with van der Waals surface area (Å²) in [6, 6.07) is 0.0900. The standard InChI is InChI=1S/C14H25NO4/c1-4-15-13-8-17-7-12(13)14(16)19-11-5-9(2)18-10(3)6-11/h9-13,15H,4-8H2,1-3H3. The second-order valence-corrected chi connectivity index (χ2v) is 5.60. The summed E-state index contributed by atoms with van der Waals surface area (Å²) in [5.41, 5.74) is 0. The zero-order valence-corrected chi connectivity index (χ0v) is 12.1. The predicted molar refractivity (Wildman–Crippen MR) is 70.9 cm³/mol. The zero-order chi connectivity index (χ0) is 13.8. The number of nitrogens with one attached hydrogen (secondary N) is 1. The molecule has 0 aromatic rings. The largest absolute Gasteiger partial charge is 0.462 e. The summed E-state index contributed by atoms with van der Waals surface area (Å²) in [7, 11) is 0. The number of ether oxygens (including phenoxy) is 3. The van der Waals surface area contributed by atoms with Gasteiger partial charge in [-0.15, -0.1) is 0 Å². The number of hydrogen-bond acceptors (Lipinski definition) is 5. The molecule has 0 bridgehead atoms. The summed E-state index contributed by atoms with van der Waals surface area (Å²) in [6.45, 7) is 7.97. The smallest absolute Gasteiger partial charge is 0.313 e. The molecule has 2 heterocycles. The fraction of sp³-hybridized carbons (Fsp3) is 0.929. The van der Waals surface area contributed by atoms with Gasteiger partial charge in [0.1, 0.15) is 6.10 Å². The first-order chi connectivity index (χ1) is 9.10. The SMILES string of the molecule is CCNC1COCC1C(=O)OC1CC(C)OC(C)C1. The van der Waals surface area contributed by atoms with E-state index in [4.69, 9.17) is 14.2 Å². The third-order valence-electron chi connectivity index (χ3n) is 3.79. The van der Waals surface area contributed by atoms with E-state index in [2.05, 4.69) is 5.32 Å². The molecule has 5 nitrogen and oxygen atoms in total. The van der Waals surface area contributed by atoms with E-state index in [-0.39, 0.29) is 36.2 Å². The Kier molecular flexibility index (Phi) is 5.19. The number of likely N-dealkylation sites (N-methyl/N-ethyl adjacent to an activating group) is 1. The van der Waals surface area contributed by atoms with E-state index in [0.29, 0.717) is 13.2 Å². The molecule has 0 aromatic heterocycles. The van der Waals surface area contributed by atoms with E-state index in [1.165, 1.54) is 0 Å². The third kappa shape index (κ3) is 3.91. The second kappa shape index (κ2) is 6.68. The molecule has 2 aliphatic heterocycles.